The van der Waals surface area contributed by atoms with E-state index in [9.17, 15) is 10.4 Å². The maximum absolute atomic E-state index is 9.44. The molecule has 0 aliphatic carbocycles. The maximum atomic E-state index is 9.44. The van der Waals surface area contributed by atoms with Gasteiger partial charge in [-0.1, -0.05) is 29.8 Å². The van der Waals surface area contributed by atoms with E-state index in [1.54, 1.807) is 12.1 Å². The molecule has 0 amide bonds. The molecule has 0 bridgehead atoms. The highest BCUT2D eigenvalue weighted by molar-refractivity contribution is 5.86. The average molecular weight is 279 g/mol. The van der Waals surface area contributed by atoms with Crippen molar-refractivity contribution in [3.8, 4) is 17.6 Å². The number of hydrogen-bond donors (Lipinski definition) is 1. The van der Waals surface area contributed by atoms with Crippen LogP contribution in [-0.4, -0.2) is 5.11 Å². The van der Waals surface area contributed by atoms with Crippen LogP contribution in [0, 0.1) is 18.3 Å². The van der Waals surface area contributed by atoms with E-state index in [2.05, 4.69) is 0 Å². The largest absolute Gasteiger partial charge is 0.451 e. The van der Waals surface area contributed by atoms with E-state index in [0.717, 1.165) is 10.9 Å². The van der Waals surface area contributed by atoms with Crippen molar-refractivity contribution in [2.75, 3.05) is 0 Å². The highest BCUT2D eigenvalue weighted by atomic mass is 16.5. The van der Waals surface area contributed by atoms with E-state index in [1.807, 2.05) is 43.3 Å². The van der Waals surface area contributed by atoms with Gasteiger partial charge in [-0.2, -0.15) is 5.26 Å². The minimum absolute atomic E-state index is 0.126. The third-order valence-electron chi connectivity index (χ3n) is 3.25. The highest BCUT2D eigenvalue weighted by Gasteiger charge is 2.17. The van der Waals surface area contributed by atoms with Crippen LogP contribution in [-0.2, 0) is 6.61 Å². The molecule has 0 saturated heterocycles. The number of ether oxygens (including phenoxy) is 1. The molecule has 4 nitrogen and oxygen atoms in total. The normalized spacial score (nSPS) is 10.5. The Labute approximate surface area is 121 Å². The maximum Gasteiger partial charge on any atom is 0.247 e. The van der Waals surface area contributed by atoms with Gasteiger partial charge in [-0.3, -0.25) is 0 Å². The molecule has 21 heavy (non-hydrogen) atoms. The molecule has 0 unspecified atom stereocenters. The summed E-state index contributed by atoms with van der Waals surface area (Å²) >= 11 is 0. The van der Waals surface area contributed by atoms with Crippen molar-refractivity contribution in [3.63, 3.8) is 0 Å². The van der Waals surface area contributed by atoms with Crippen molar-refractivity contribution in [1.29, 1.82) is 5.26 Å². The van der Waals surface area contributed by atoms with Crippen molar-refractivity contribution >= 4 is 11.0 Å². The van der Waals surface area contributed by atoms with Gasteiger partial charge in [-0.05, 0) is 25.1 Å². The number of aryl methyl sites for hydroxylation is 1. The molecular formula is C17H13NO3. The molecule has 3 rings (SSSR count). The van der Waals surface area contributed by atoms with Gasteiger partial charge in [0.15, 0.2) is 5.75 Å². The van der Waals surface area contributed by atoms with Crippen molar-refractivity contribution < 1.29 is 14.3 Å². The fourth-order valence-corrected chi connectivity index (χ4v) is 2.24. The van der Waals surface area contributed by atoms with E-state index in [4.69, 9.17) is 9.15 Å². The van der Waals surface area contributed by atoms with Crippen LogP contribution in [0.3, 0.4) is 0 Å². The van der Waals surface area contributed by atoms with Crippen LogP contribution in [0.5, 0.6) is 11.5 Å². The molecule has 0 radical (unpaired) electrons. The molecule has 0 spiro atoms. The van der Waals surface area contributed by atoms with Crippen LogP contribution in [0.2, 0.25) is 0 Å². The number of hydrogen-bond acceptors (Lipinski definition) is 4. The molecule has 0 aliphatic heterocycles. The smallest absolute Gasteiger partial charge is 0.247 e. The number of aliphatic hydroxyl groups excluding tert-OH is 1. The van der Waals surface area contributed by atoms with E-state index < -0.39 is 0 Å². The molecule has 2 aromatic carbocycles. The lowest BCUT2D eigenvalue weighted by Gasteiger charge is -2.09. The third kappa shape index (κ3) is 2.35. The molecule has 0 fully saturated rings. The Kier molecular flexibility index (Phi) is 3.35. The molecule has 0 aliphatic rings. The summed E-state index contributed by atoms with van der Waals surface area (Å²) in [5, 5.41) is 19.4. The number of furan rings is 1. The number of nitrogens with zero attached hydrogens (tertiary/aromatic N) is 1. The predicted molar refractivity (Wildman–Crippen MR) is 78.1 cm³/mol. The first-order valence-corrected chi connectivity index (χ1v) is 6.53. The summed E-state index contributed by atoms with van der Waals surface area (Å²) in [5.41, 5.74) is 2.30. The van der Waals surface area contributed by atoms with E-state index >= 15 is 0 Å². The van der Waals surface area contributed by atoms with Gasteiger partial charge in [0.2, 0.25) is 5.76 Å². The molecule has 0 atom stereocenters. The minimum atomic E-state index is -0.130. The molecule has 3 aromatic rings. The number of benzene rings is 2. The van der Waals surface area contributed by atoms with Crippen molar-refractivity contribution in [2.45, 2.75) is 13.5 Å². The zero-order valence-electron chi connectivity index (χ0n) is 11.5. The van der Waals surface area contributed by atoms with Crippen molar-refractivity contribution in [2.24, 2.45) is 0 Å². The Morgan fingerprint density at radius 3 is 2.81 bits per heavy atom. The van der Waals surface area contributed by atoms with Crippen molar-refractivity contribution in [3.05, 3.63) is 59.4 Å². The second-order valence-electron chi connectivity index (χ2n) is 4.74. The lowest BCUT2D eigenvalue weighted by Crippen LogP contribution is -1.93. The number of fused-ring (bicyclic) bond motifs is 1. The summed E-state index contributed by atoms with van der Waals surface area (Å²) < 4.78 is 11.3. The first kappa shape index (κ1) is 13.2. The molecule has 0 saturated carbocycles. The Morgan fingerprint density at radius 2 is 2.05 bits per heavy atom. The van der Waals surface area contributed by atoms with Crippen LogP contribution >= 0.6 is 0 Å². The SMILES string of the molecule is Cc1ccc(Oc2c(C#N)oc3ccccc23)c(CO)c1. The first-order valence-electron chi connectivity index (χ1n) is 6.53. The minimum Gasteiger partial charge on any atom is -0.451 e. The second-order valence-corrected chi connectivity index (χ2v) is 4.74. The fourth-order valence-electron chi connectivity index (χ4n) is 2.24. The zero-order valence-corrected chi connectivity index (χ0v) is 11.5. The number of nitriles is 1. The van der Waals surface area contributed by atoms with Gasteiger partial charge in [0.1, 0.15) is 17.4 Å². The quantitative estimate of drug-likeness (QED) is 0.789. The van der Waals surface area contributed by atoms with Crippen LogP contribution in [0.25, 0.3) is 11.0 Å². The standard InChI is InChI=1S/C17H13NO3/c1-11-6-7-14(12(8-11)10-19)21-17-13-4-2-3-5-15(13)20-16(17)9-18/h2-8,19H,10H2,1H3. The van der Waals surface area contributed by atoms with Gasteiger partial charge in [0.25, 0.3) is 0 Å². The van der Waals surface area contributed by atoms with Gasteiger partial charge < -0.3 is 14.3 Å². The third-order valence-corrected chi connectivity index (χ3v) is 3.25. The zero-order chi connectivity index (χ0) is 14.8. The van der Waals surface area contributed by atoms with E-state index in [0.29, 0.717) is 22.6 Å². The second kappa shape index (κ2) is 5.31. The molecule has 1 N–H and O–H groups in total. The summed E-state index contributed by atoms with van der Waals surface area (Å²) in [7, 11) is 0. The fraction of sp³-hybridized carbons (Fsp3) is 0.118. The van der Waals surface area contributed by atoms with E-state index in [1.165, 1.54) is 0 Å². The van der Waals surface area contributed by atoms with Gasteiger partial charge in [0, 0.05) is 5.56 Å². The Bertz CT molecular complexity index is 843. The van der Waals surface area contributed by atoms with Crippen LogP contribution < -0.4 is 4.74 Å². The lowest BCUT2D eigenvalue weighted by molar-refractivity contribution is 0.276. The van der Waals surface area contributed by atoms with Crippen molar-refractivity contribution in [1.82, 2.24) is 0 Å². The predicted octanol–water partition coefficient (Wildman–Crippen LogP) is 3.90. The number of aliphatic hydroxyl groups is 1. The summed E-state index contributed by atoms with van der Waals surface area (Å²) in [4.78, 5) is 0. The monoisotopic (exact) mass is 279 g/mol. The number of para-hydroxylation sites is 1. The molecular weight excluding hydrogens is 266 g/mol. The topological polar surface area (TPSA) is 66.4 Å². The van der Waals surface area contributed by atoms with Gasteiger partial charge in [-0.15, -0.1) is 0 Å². The summed E-state index contributed by atoms with van der Waals surface area (Å²) in [6.07, 6.45) is 0. The summed E-state index contributed by atoms with van der Waals surface area (Å²) in [6, 6.07) is 14.8. The molecule has 4 heteroatoms. The van der Waals surface area contributed by atoms with Crippen LogP contribution in [0.4, 0.5) is 0 Å². The molecule has 1 aromatic heterocycles. The Balaban J connectivity index is 2.12. The Hall–Kier alpha value is -2.77. The van der Waals surface area contributed by atoms with Gasteiger partial charge in [0.05, 0.1) is 12.0 Å². The Morgan fingerprint density at radius 1 is 1.24 bits per heavy atom. The first-order chi connectivity index (χ1) is 10.2. The van der Waals surface area contributed by atoms with E-state index in [-0.39, 0.29) is 12.4 Å². The summed E-state index contributed by atoms with van der Waals surface area (Å²) in [6.45, 7) is 1.81. The van der Waals surface area contributed by atoms with Gasteiger partial charge >= 0.3 is 0 Å². The highest BCUT2D eigenvalue weighted by Crippen LogP contribution is 2.37. The van der Waals surface area contributed by atoms with Gasteiger partial charge in [-0.25, -0.2) is 0 Å². The number of rotatable bonds is 3. The van der Waals surface area contributed by atoms with Crippen LogP contribution in [0.15, 0.2) is 46.9 Å². The summed E-state index contributed by atoms with van der Waals surface area (Å²) in [5.74, 6) is 1.03. The molecule has 104 valence electrons. The average Bonchev–Trinajstić information content (AvgIpc) is 2.87. The lowest BCUT2D eigenvalue weighted by atomic mass is 10.1. The van der Waals surface area contributed by atoms with Crippen LogP contribution in [0.1, 0.15) is 16.9 Å². The molecule has 1 heterocycles.